The van der Waals surface area contributed by atoms with Gasteiger partial charge in [0.2, 0.25) is 5.91 Å². The number of benzene rings is 1. The van der Waals surface area contributed by atoms with Gasteiger partial charge in [0.1, 0.15) is 0 Å². The Morgan fingerprint density at radius 1 is 1.57 bits per heavy atom. The van der Waals surface area contributed by atoms with E-state index in [1.54, 1.807) is 24.3 Å². The van der Waals surface area contributed by atoms with Crippen LogP contribution in [0.2, 0.25) is 0 Å². The van der Waals surface area contributed by atoms with E-state index in [1.165, 1.54) is 0 Å². The summed E-state index contributed by atoms with van der Waals surface area (Å²) in [5, 5.41) is 11.7. The van der Waals surface area contributed by atoms with Crippen molar-refractivity contribution >= 4 is 11.6 Å². The molecule has 1 fully saturated rings. The second-order valence-electron chi connectivity index (χ2n) is 5.33. The van der Waals surface area contributed by atoms with E-state index in [4.69, 9.17) is 10.00 Å². The van der Waals surface area contributed by atoms with Crippen LogP contribution in [0.25, 0.3) is 0 Å². The third kappa shape index (κ3) is 5.18. The number of amides is 1. The fourth-order valence-electron chi connectivity index (χ4n) is 2.45. The molecule has 1 atom stereocenters. The maximum absolute atomic E-state index is 11.9. The van der Waals surface area contributed by atoms with Crippen LogP contribution in [-0.4, -0.2) is 43.2 Å². The standard InChI is InChI=1S/C16H21N3O2/c1-13-12-19(8-9-21-13)7-3-6-16(20)18-15-5-2-4-14(10-15)11-17/h2,4-5,10,13H,3,6-9,12H2,1H3,(H,18,20). The second kappa shape index (κ2) is 7.77. The van der Waals surface area contributed by atoms with Crippen molar-refractivity contribution in [3.63, 3.8) is 0 Å². The molecule has 0 bridgehead atoms. The quantitative estimate of drug-likeness (QED) is 0.899. The average Bonchev–Trinajstić information content (AvgIpc) is 2.47. The first-order chi connectivity index (χ1) is 10.2. The fraction of sp³-hybridized carbons (Fsp3) is 0.500. The van der Waals surface area contributed by atoms with E-state index in [0.717, 1.165) is 32.7 Å². The van der Waals surface area contributed by atoms with Crippen LogP contribution in [-0.2, 0) is 9.53 Å². The Bertz CT molecular complexity index is 524. The van der Waals surface area contributed by atoms with Gasteiger partial charge in [-0.15, -0.1) is 0 Å². The Labute approximate surface area is 125 Å². The summed E-state index contributed by atoms with van der Waals surface area (Å²) in [6, 6.07) is 9.02. The lowest BCUT2D eigenvalue weighted by molar-refractivity contribution is -0.116. The van der Waals surface area contributed by atoms with Crippen LogP contribution in [0.3, 0.4) is 0 Å². The van der Waals surface area contributed by atoms with Gasteiger partial charge >= 0.3 is 0 Å². The Balaban J connectivity index is 1.71. The molecule has 0 saturated carbocycles. The van der Waals surface area contributed by atoms with Gasteiger partial charge in [0.25, 0.3) is 0 Å². The van der Waals surface area contributed by atoms with E-state index in [9.17, 15) is 4.79 Å². The number of hydrogen-bond donors (Lipinski definition) is 1. The highest BCUT2D eigenvalue weighted by Crippen LogP contribution is 2.11. The van der Waals surface area contributed by atoms with Crippen molar-refractivity contribution in [2.45, 2.75) is 25.9 Å². The van der Waals surface area contributed by atoms with Gasteiger partial charge < -0.3 is 10.1 Å². The van der Waals surface area contributed by atoms with Gasteiger partial charge in [0, 0.05) is 25.2 Å². The lowest BCUT2D eigenvalue weighted by Gasteiger charge is -2.30. The first-order valence-electron chi connectivity index (χ1n) is 7.31. The molecular formula is C16H21N3O2. The lowest BCUT2D eigenvalue weighted by Crippen LogP contribution is -2.41. The van der Waals surface area contributed by atoms with Crippen LogP contribution in [0.15, 0.2) is 24.3 Å². The van der Waals surface area contributed by atoms with E-state index in [0.29, 0.717) is 17.7 Å². The zero-order valence-electron chi connectivity index (χ0n) is 12.3. The molecule has 1 heterocycles. The van der Waals surface area contributed by atoms with Crippen molar-refractivity contribution in [1.82, 2.24) is 4.90 Å². The number of carbonyl (C=O) groups excluding carboxylic acids is 1. The Kier molecular flexibility index (Phi) is 5.73. The number of rotatable bonds is 5. The van der Waals surface area contributed by atoms with E-state index < -0.39 is 0 Å². The molecule has 1 saturated heterocycles. The SMILES string of the molecule is CC1CN(CCCC(=O)Nc2cccc(C#N)c2)CCO1. The van der Waals surface area contributed by atoms with Crippen molar-refractivity contribution in [3.8, 4) is 6.07 Å². The third-order valence-electron chi connectivity index (χ3n) is 3.48. The number of carbonyl (C=O) groups is 1. The summed E-state index contributed by atoms with van der Waals surface area (Å²) >= 11 is 0. The van der Waals surface area contributed by atoms with E-state index in [2.05, 4.69) is 23.2 Å². The molecule has 0 spiro atoms. The molecule has 1 aromatic rings. The molecule has 0 aliphatic carbocycles. The smallest absolute Gasteiger partial charge is 0.224 e. The maximum Gasteiger partial charge on any atom is 0.224 e. The molecule has 0 aromatic heterocycles. The highest BCUT2D eigenvalue weighted by molar-refractivity contribution is 5.90. The van der Waals surface area contributed by atoms with Crippen LogP contribution >= 0.6 is 0 Å². The Morgan fingerprint density at radius 3 is 3.19 bits per heavy atom. The molecular weight excluding hydrogens is 266 g/mol. The molecule has 2 rings (SSSR count). The maximum atomic E-state index is 11.9. The first-order valence-corrected chi connectivity index (χ1v) is 7.31. The minimum atomic E-state index is -0.00797. The third-order valence-corrected chi connectivity index (χ3v) is 3.48. The summed E-state index contributed by atoms with van der Waals surface area (Å²) < 4.78 is 5.49. The predicted octanol–water partition coefficient (Wildman–Crippen LogP) is 2.00. The highest BCUT2D eigenvalue weighted by Gasteiger charge is 2.16. The lowest BCUT2D eigenvalue weighted by atomic mass is 10.2. The molecule has 112 valence electrons. The fourth-order valence-corrected chi connectivity index (χ4v) is 2.45. The van der Waals surface area contributed by atoms with Gasteiger partial charge in [-0.3, -0.25) is 9.69 Å². The molecule has 1 N–H and O–H groups in total. The van der Waals surface area contributed by atoms with Gasteiger partial charge in [-0.1, -0.05) is 6.07 Å². The summed E-state index contributed by atoms with van der Waals surface area (Å²) in [5.41, 5.74) is 1.23. The summed E-state index contributed by atoms with van der Waals surface area (Å²) in [6.07, 6.45) is 1.60. The van der Waals surface area contributed by atoms with Crippen LogP contribution in [0.4, 0.5) is 5.69 Å². The number of nitriles is 1. The Hall–Kier alpha value is -1.90. The number of nitrogens with zero attached hydrogens (tertiary/aromatic N) is 2. The first kappa shape index (κ1) is 15.5. The number of hydrogen-bond acceptors (Lipinski definition) is 4. The van der Waals surface area contributed by atoms with Crippen LogP contribution in [0, 0.1) is 11.3 Å². The summed E-state index contributed by atoms with van der Waals surface area (Å²) in [7, 11) is 0. The predicted molar refractivity (Wildman–Crippen MR) is 80.9 cm³/mol. The Morgan fingerprint density at radius 2 is 2.43 bits per heavy atom. The van der Waals surface area contributed by atoms with Gasteiger partial charge in [-0.05, 0) is 38.1 Å². The molecule has 1 amide bonds. The van der Waals surface area contributed by atoms with Crippen LogP contribution in [0.1, 0.15) is 25.3 Å². The van der Waals surface area contributed by atoms with E-state index >= 15 is 0 Å². The van der Waals surface area contributed by atoms with Gasteiger partial charge in [-0.2, -0.15) is 5.26 Å². The van der Waals surface area contributed by atoms with Gasteiger partial charge in [-0.25, -0.2) is 0 Å². The number of ether oxygens (including phenoxy) is 1. The van der Waals surface area contributed by atoms with Crippen molar-refractivity contribution < 1.29 is 9.53 Å². The molecule has 1 aliphatic heterocycles. The summed E-state index contributed by atoms with van der Waals surface area (Å²) in [6.45, 7) is 5.64. The normalized spacial score (nSPS) is 19.0. The monoisotopic (exact) mass is 287 g/mol. The number of anilines is 1. The molecule has 5 heteroatoms. The summed E-state index contributed by atoms with van der Waals surface area (Å²) in [4.78, 5) is 14.2. The second-order valence-corrected chi connectivity index (χ2v) is 5.33. The largest absolute Gasteiger partial charge is 0.376 e. The van der Waals surface area contributed by atoms with Crippen molar-refractivity contribution in [3.05, 3.63) is 29.8 Å². The molecule has 0 radical (unpaired) electrons. The molecule has 1 unspecified atom stereocenters. The zero-order chi connectivity index (χ0) is 15.1. The highest BCUT2D eigenvalue weighted by atomic mass is 16.5. The summed E-state index contributed by atoms with van der Waals surface area (Å²) in [5.74, 6) is -0.00797. The van der Waals surface area contributed by atoms with Gasteiger partial charge in [0.15, 0.2) is 0 Å². The van der Waals surface area contributed by atoms with Crippen molar-refractivity contribution in [1.29, 1.82) is 5.26 Å². The van der Waals surface area contributed by atoms with Crippen LogP contribution in [0.5, 0.6) is 0 Å². The number of nitrogens with one attached hydrogen (secondary N) is 1. The van der Waals surface area contributed by atoms with E-state index in [-0.39, 0.29) is 12.0 Å². The van der Waals surface area contributed by atoms with Crippen LogP contribution < -0.4 is 5.32 Å². The van der Waals surface area contributed by atoms with Crippen molar-refractivity contribution in [2.75, 3.05) is 31.6 Å². The molecule has 5 nitrogen and oxygen atoms in total. The van der Waals surface area contributed by atoms with E-state index in [1.807, 2.05) is 0 Å². The average molecular weight is 287 g/mol. The topological polar surface area (TPSA) is 65.4 Å². The zero-order valence-corrected chi connectivity index (χ0v) is 12.3. The molecule has 1 aliphatic rings. The molecule has 1 aromatic carbocycles. The molecule has 21 heavy (non-hydrogen) atoms. The minimum absolute atomic E-state index is 0.00797. The van der Waals surface area contributed by atoms with Gasteiger partial charge in [0.05, 0.1) is 24.3 Å². The van der Waals surface area contributed by atoms with Crippen molar-refractivity contribution in [2.24, 2.45) is 0 Å². The number of morpholine rings is 1. The minimum Gasteiger partial charge on any atom is -0.376 e.